The van der Waals surface area contributed by atoms with Crippen LogP contribution in [-0.2, 0) is 21.4 Å². The number of aromatic nitrogens is 1. The Labute approximate surface area is 223 Å². The third-order valence-corrected chi connectivity index (χ3v) is 5.54. The van der Waals surface area contributed by atoms with Crippen molar-refractivity contribution in [3.05, 3.63) is 74.1 Å². The summed E-state index contributed by atoms with van der Waals surface area (Å²) in [4.78, 5) is 32.1. The quantitative estimate of drug-likeness (QED) is 0.170. The molecule has 0 spiro atoms. The second-order valence-electron chi connectivity index (χ2n) is 8.14. The van der Waals surface area contributed by atoms with Crippen LogP contribution in [0.25, 0.3) is 11.9 Å². The lowest BCUT2D eigenvalue weighted by Gasteiger charge is -2.30. The summed E-state index contributed by atoms with van der Waals surface area (Å²) in [6.45, 7) is -0.983. The number of nitrogens with two attached hydrogens (primary N) is 1. The summed E-state index contributed by atoms with van der Waals surface area (Å²) in [5.74, 6) is -1.22. The molecular weight excluding hydrogens is 522 g/mol. The van der Waals surface area contributed by atoms with Crippen LogP contribution < -0.4 is 26.8 Å². The summed E-state index contributed by atoms with van der Waals surface area (Å²) >= 11 is 6.29. The summed E-state index contributed by atoms with van der Waals surface area (Å²) in [7, 11) is 7.87. The average Bonchev–Trinajstić information content (AvgIpc) is 2.84. The first-order valence-corrected chi connectivity index (χ1v) is 11.5. The molecule has 8 nitrogen and oxygen atoms in total. The molecule has 1 heterocycles. The maximum Gasteiger partial charge on any atom is 0.345 e. The highest BCUT2D eigenvalue weighted by molar-refractivity contribution is 6.31. The van der Waals surface area contributed by atoms with Crippen LogP contribution in [0.4, 0.5) is 13.2 Å². The van der Waals surface area contributed by atoms with Crippen molar-refractivity contribution >= 4 is 49.9 Å². The predicted molar refractivity (Wildman–Crippen MR) is 141 cm³/mol. The second-order valence-corrected chi connectivity index (χ2v) is 8.55. The van der Waals surface area contributed by atoms with Gasteiger partial charge in [-0.25, -0.2) is 14.4 Å². The summed E-state index contributed by atoms with van der Waals surface area (Å²) in [6.07, 6.45) is 6.80. The normalized spacial score (nSPS) is 14.7. The summed E-state index contributed by atoms with van der Waals surface area (Å²) in [5, 5.41) is 6.35. The number of carbonyl (C=O) groups is 2. The van der Waals surface area contributed by atoms with Gasteiger partial charge in [0.15, 0.2) is 6.29 Å². The van der Waals surface area contributed by atoms with Gasteiger partial charge in [-0.1, -0.05) is 29.8 Å². The molecule has 0 bridgehead atoms. The van der Waals surface area contributed by atoms with Gasteiger partial charge >= 0.3 is 6.61 Å². The molecule has 200 valence electrons. The van der Waals surface area contributed by atoms with Crippen molar-refractivity contribution in [1.29, 1.82) is 0 Å². The fourth-order valence-corrected chi connectivity index (χ4v) is 3.95. The number of aldehydes is 1. The Morgan fingerprint density at radius 1 is 1.37 bits per heavy atom. The number of alkyl halides is 2. The Morgan fingerprint density at radius 3 is 2.68 bits per heavy atom. The number of benzene rings is 1. The van der Waals surface area contributed by atoms with Gasteiger partial charge in [0, 0.05) is 33.6 Å². The first kappa shape index (κ1) is 30.6. The van der Waals surface area contributed by atoms with Crippen molar-refractivity contribution in [2.75, 3.05) is 13.7 Å². The van der Waals surface area contributed by atoms with Crippen molar-refractivity contribution in [3.63, 3.8) is 0 Å². The number of aliphatic imine (C=N–C) groups is 1. The number of nitrogens with zero attached hydrogens (tertiary/aromatic N) is 2. The van der Waals surface area contributed by atoms with Crippen molar-refractivity contribution in [2.24, 2.45) is 10.7 Å². The van der Waals surface area contributed by atoms with Crippen molar-refractivity contribution < 1.29 is 27.5 Å². The van der Waals surface area contributed by atoms with E-state index in [1.54, 1.807) is 38.3 Å². The lowest BCUT2D eigenvalue weighted by molar-refractivity contribution is -0.152. The summed E-state index contributed by atoms with van der Waals surface area (Å²) < 4.78 is 42.7. The van der Waals surface area contributed by atoms with Crippen LogP contribution >= 0.6 is 11.6 Å². The molecule has 4 N–H and O–H groups in total. The molecular formula is C25H26BClF3N5O3. The third kappa shape index (κ3) is 8.19. The standard InChI is InChI=1S/C25H26BClF3N5O3/c1-14-8-18(23(32-3)33-13-31)16(21(11-36)34-14)6-4-5-7-17-19(9-15(28)10-20(17)27)25(2,26)35-22(37)12-38-24(29)30/h4-6,8-11,13,24,32H,7,12H2,1-3H3,(H2,31,33)(H,35,37)/b5-4-,16-6-,23-18?/t25-/m0/s1. The number of aryl methyl sites for hydroxylation is 1. The minimum Gasteiger partial charge on any atom is -0.390 e. The minimum atomic E-state index is -3.14. The molecule has 2 aromatic rings. The summed E-state index contributed by atoms with van der Waals surface area (Å²) in [6, 6.07) is 3.92. The maximum atomic E-state index is 14.2. The van der Waals surface area contributed by atoms with Gasteiger partial charge in [-0.3, -0.25) is 9.59 Å². The van der Waals surface area contributed by atoms with Gasteiger partial charge in [0.25, 0.3) is 0 Å². The predicted octanol–water partition coefficient (Wildman–Crippen LogP) is 1.54. The number of amides is 1. The Kier molecular flexibility index (Phi) is 11.1. The molecule has 13 heteroatoms. The third-order valence-electron chi connectivity index (χ3n) is 5.20. The zero-order chi connectivity index (χ0) is 28.5. The number of carbonyl (C=O) groups excluding carboxylic acids is 2. The smallest absolute Gasteiger partial charge is 0.345 e. The number of nitrogens with one attached hydrogen (secondary N) is 2. The topological polar surface area (TPSA) is 119 Å². The number of hydrogen-bond donors (Lipinski definition) is 3. The lowest BCUT2D eigenvalue weighted by Crippen LogP contribution is -2.46. The number of ether oxygens (including phenoxy) is 1. The van der Waals surface area contributed by atoms with Crippen molar-refractivity contribution in [2.45, 2.75) is 32.3 Å². The van der Waals surface area contributed by atoms with E-state index in [4.69, 9.17) is 25.2 Å². The minimum absolute atomic E-state index is 0.0359. The van der Waals surface area contributed by atoms with Crippen LogP contribution in [0, 0.1) is 12.7 Å². The van der Waals surface area contributed by atoms with Gasteiger partial charge in [0.05, 0.1) is 6.34 Å². The van der Waals surface area contributed by atoms with E-state index in [1.165, 1.54) is 6.92 Å². The molecule has 0 unspecified atom stereocenters. The van der Waals surface area contributed by atoms with Gasteiger partial charge in [-0.15, -0.1) is 0 Å². The SMILES string of the molecule is [B][C@@](C)(NC(=O)COC(F)F)c1cc(F)cc(Cl)c1C/C=C\C=c1/c(C=O)nc(C)cc1=C(N=CN)NC. The Bertz CT molecular complexity index is 1370. The second kappa shape index (κ2) is 13.8. The van der Waals surface area contributed by atoms with Crippen molar-refractivity contribution in [3.8, 4) is 0 Å². The van der Waals surface area contributed by atoms with Gasteiger partial charge in [0.2, 0.25) is 5.91 Å². The monoisotopic (exact) mass is 547 g/mol. The average molecular weight is 548 g/mol. The van der Waals surface area contributed by atoms with E-state index in [9.17, 15) is 22.8 Å². The van der Waals surface area contributed by atoms with E-state index in [2.05, 4.69) is 25.3 Å². The molecule has 1 aromatic carbocycles. The molecule has 0 aliphatic carbocycles. The highest BCUT2D eigenvalue weighted by Crippen LogP contribution is 2.29. The number of allylic oxidation sites excluding steroid dienone is 2. The van der Waals surface area contributed by atoms with Gasteiger partial charge in [-0.2, -0.15) is 8.78 Å². The molecule has 2 rings (SSSR count). The molecule has 1 amide bonds. The fraction of sp³-hybridized carbons (Fsp3) is 0.280. The van der Waals surface area contributed by atoms with Gasteiger partial charge < -0.3 is 21.1 Å². The van der Waals surface area contributed by atoms with E-state index >= 15 is 0 Å². The van der Waals surface area contributed by atoms with Crippen LogP contribution in [0.5, 0.6) is 0 Å². The van der Waals surface area contributed by atoms with Crippen LogP contribution in [0.3, 0.4) is 0 Å². The molecule has 0 aliphatic heterocycles. The summed E-state index contributed by atoms with van der Waals surface area (Å²) in [5.41, 5.74) is 5.05. The molecule has 0 saturated carbocycles. The molecule has 1 atom stereocenters. The maximum absolute atomic E-state index is 14.2. The first-order chi connectivity index (χ1) is 17.9. The Balaban J connectivity index is 2.51. The van der Waals surface area contributed by atoms with Crippen LogP contribution in [0.1, 0.15) is 34.2 Å². The van der Waals surface area contributed by atoms with Crippen LogP contribution in [0.2, 0.25) is 5.02 Å². The molecule has 0 saturated heterocycles. The highest BCUT2D eigenvalue weighted by Gasteiger charge is 2.27. The molecule has 0 aliphatic rings. The highest BCUT2D eigenvalue weighted by atomic mass is 35.5. The fourth-order valence-electron chi connectivity index (χ4n) is 3.67. The van der Waals surface area contributed by atoms with Crippen LogP contribution in [0.15, 0.2) is 35.3 Å². The van der Waals surface area contributed by atoms with Gasteiger partial charge in [0.1, 0.15) is 31.8 Å². The van der Waals surface area contributed by atoms with E-state index in [1.807, 2.05) is 0 Å². The molecule has 2 radical (unpaired) electrons. The van der Waals surface area contributed by atoms with E-state index in [0.717, 1.165) is 18.5 Å². The zero-order valence-corrected chi connectivity index (χ0v) is 21.7. The Hall–Kier alpha value is -3.64. The van der Waals surface area contributed by atoms with Gasteiger partial charge in [-0.05, 0) is 49.6 Å². The number of hydrogen-bond acceptors (Lipinski definition) is 6. The van der Waals surface area contributed by atoms with E-state index in [0.29, 0.717) is 33.8 Å². The largest absolute Gasteiger partial charge is 0.390 e. The number of pyridine rings is 1. The number of rotatable bonds is 11. The zero-order valence-electron chi connectivity index (χ0n) is 20.9. The first-order valence-electron chi connectivity index (χ1n) is 11.2. The van der Waals surface area contributed by atoms with E-state index in [-0.39, 0.29) is 22.7 Å². The van der Waals surface area contributed by atoms with Crippen LogP contribution in [-0.4, -0.2) is 51.6 Å². The molecule has 38 heavy (non-hydrogen) atoms. The lowest BCUT2D eigenvalue weighted by atomic mass is 9.71. The van der Waals surface area contributed by atoms with E-state index < -0.39 is 30.4 Å². The number of halogens is 4. The van der Waals surface area contributed by atoms with Crippen molar-refractivity contribution in [1.82, 2.24) is 15.6 Å². The molecule has 1 aromatic heterocycles. The molecule has 0 fully saturated rings. The Morgan fingerprint density at radius 2 is 2.08 bits per heavy atom.